The Morgan fingerprint density at radius 2 is 1.80 bits per heavy atom. The van der Waals surface area contributed by atoms with E-state index in [2.05, 4.69) is 17.0 Å². The topological polar surface area (TPSA) is 57.2 Å². The van der Waals surface area contributed by atoms with E-state index in [1.54, 1.807) is 13.2 Å². The van der Waals surface area contributed by atoms with Gasteiger partial charge in [0.25, 0.3) is 0 Å². The number of hydrogen-bond acceptors (Lipinski definition) is 6. The number of carbonyl (C=O) groups excluding carboxylic acids is 1. The summed E-state index contributed by atoms with van der Waals surface area (Å²) in [4.78, 5) is 15.5. The SMILES string of the molecule is CCOc1ccc(/C=C2/Oc3c4c(cc(C)c3C2=O)OCN(CCc2ccc(OC)cc2)C4)cc1. The number of hydrogen-bond donors (Lipinski definition) is 0. The number of benzene rings is 3. The molecule has 0 saturated carbocycles. The third kappa shape index (κ3) is 4.75. The molecule has 6 heteroatoms. The van der Waals surface area contributed by atoms with Crippen LogP contribution >= 0.6 is 0 Å². The fraction of sp³-hybridized carbons (Fsp3) is 0.276. The van der Waals surface area contributed by atoms with Crippen LogP contribution in [0.15, 0.2) is 60.4 Å². The van der Waals surface area contributed by atoms with Gasteiger partial charge < -0.3 is 18.9 Å². The maximum atomic E-state index is 13.2. The molecule has 2 aliphatic heterocycles. The number of Topliss-reactive ketones (excluding diaryl/α,β-unsaturated/α-hetero) is 1. The first-order valence-electron chi connectivity index (χ1n) is 11.9. The molecule has 0 saturated heterocycles. The Labute approximate surface area is 205 Å². The maximum Gasteiger partial charge on any atom is 0.232 e. The summed E-state index contributed by atoms with van der Waals surface area (Å²) in [5.41, 5.74) is 4.54. The zero-order valence-corrected chi connectivity index (χ0v) is 20.3. The molecule has 0 atom stereocenters. The van der Waals surface area contributed by atoms with Crippen LogP contribution < -0.4 is 18.9 Å². The van der Waals surface area contributed by atoms with Gasteiger partial charge in [-0.05, 0) is 73.4 Å². The highest BCUT2D eigenvalue weighted by molar-refractivity contribution is 6.15. The molecule has 3 aromatic carbocycles. The Balaban J connectivity index is 1.34. The Hall–Kier alpha value is -3.77. The van der Waals surface area contributed by atoms with Crippen LogP contribution in [0.4, 0.5) is 0 Å². The van der Waals surface area contributed by atoms with Gasteiger partial charge >= 0.3 is 0 Å². The van der Waals surface area contributed by atoms with Crippen molar-refractivity contribution in [2.75, 3.05) is 27.0 Å². The van der Waals surface area contributed by atoms with Gasteiger partial charge in [-0.1, -0.05) is 24.3 Å². The average Bonchev–Trinajstić information content (AvgIpc) is 3.21. The normalized spacial score (nSPS) is 15.9. The second-order valence-electron chi connectivity index (χ2n) is 8.74. The molecule has 0 fully saturated rings. The minimum Gasteiger partial charge on any atom is -0.497 e. The summed E-state index contributed by atoms with van der Waals surface area (Å²) in [5, 5.41) is 0. The van der Waals surface area contributed by atoms with Crippen molar-refractivity contribution in [1.29, 1.82) is 0 Å². The molecule has 35 heavy (non-hydrogen) atoms. The van der Waals surface area contributed by atoms with Crippen molar-refractivity contribution in [3.05, 3.63) is 88.2 Å². The van der Waals surface area contributed by atoms with E-state index in [4.69, 9.17) is 18.9 Å². The number of aryl methyl sites for hydroxylation is 1. The molecule has 0 spiro atoms. The molecule has 2 heterocycles. The van der Waals surface area contributed by atoms with Crippen LogP contribution in [0, 0.1) is 6.92 Å². The maximum absolute atomic E-state index is 13.2. The molecule has 0 N–H and O–H groups in total. The molecular formula is C29H29NO5. The lowest BCUT2D eigenvalue weighted by atomic mass is 9.98. The minimum absolute atomic E-state index is 0.0930. The molecule has 3 aromatic rings. The van der Waals surface area contributed by atoms with Crippen molar-refractivity contribution in [3.63, 3.8) is 0 Å². The molecule has 6 nitrogen and oxygen atoms in total. The lowest BCUT2D eigenvalue weighted by molar-refractivity contribution is 0.0949. The fourth-order valence-electron chi connectivity index (χ4n) is 4.48. The van der Waals surface area contributed by atoms with Gasteiger partial charge in [-0.2, -0.15) is 0 Å². The van der Waals surface area contributed by atoms with E-state index in [0.29, 0.717) is 37.0 Å². The summed E-state index contributed by atoms with van der Waals surface area (Å²) in [6, 6.07) is 17.7. The largest absolute Gasteiger partial charge is 0.497 e. The van der Waals surface area contributed by atoms with Gasteiger partial charge in [0.05, 0.1) is 24.8 Å². The first-order valence-corrected chi connectivity index (χ1v) is 11.9. The van der Waals surface area contributed by atoms with Gasteiger partial charge in [-0.15, -0.1) is 0 Å². The Morgan fingerprint density at radius 1 is 1.06 bits per heavy atom. The van der Waals surface area contributed by atoms with Crippen LogP contribution in [0.1, 0.15) is 39.5 Å². The minimum atomic E-state index is -0.0930. The summed E-state index contributed by atoms with van der Waals surface area (Å²) >= 11 is 0. The molecule has 0 amide bonds. The predicted octanol–water partition coefficient (Wildman–Crippen LogP) is 5.41. The monoisotopic (exact) mass is 471 g/mol. The summed E-state index contributed by atoms with van der Waals surface area (Å²) in [5.74, 6) is 3.30. The van der Waals surface area contributed by atoms with Crippen LogP contribution in [0.2, 0.25) is 0 Å². The Kier molecular flexibility index (Phi) is 6.47. The smallest absolute Gasteiger partial charge is 0.232 e. The first-order chi connectivity index (χ1) is 17.1. The molecule has 0 unspecified atom stereocenters. The lowest BCUT2D eigenvalue weighted by Gasteiger charge is -2.30. The highest BCUT2D eigenvalue weighted by atomic mass is 16.5. The van der Waals surface area contributed by atoms with E-state index in [9.17, 15) is 4.79 Å². The summed E-state index contributed by atoms with van der Waals surface area (Å²) in [6.45, 7) is 6.49. The highest BCUT2D eigenvalue weighted by Gasteiger charge is 2.35. The first kappa shape index (κ1) is 23.0. The lowest BCUT2D eigenvalue weighted by Crippen LogP contribution is -2.33. The van der Waals surface area contributed by atoms with Crippen molar-refractivity contribution in [2.45, 2.75) is 26.8 Å². The zero-order chi connectivity index (χ0) is 24.4. The quantitative estimate of drug-likeness (QED) is 0.429. The van der Waals surface area contributed by atoms with Crippen molar-refractivity contribution in [2.24, 2.45) is 0 Å². The van der Waals surface area contributed by atoms with E-state index >= 15 is 0 Å². The number of ketones is 1. The summed E-state index contributed by atoms with van der Waals surface area (Å²) in [6.07, 6.45) is 2.68. The van der Waals surface area contributed by atoms with Crippen LogP contribution in [0.3, 0.4) is 0 Å². The fourth-order valence-corrected chi connectivity index (χ4v) is 4.48. The van der Waals surface area contributed by atoms with E-state index in [-0.39, 0.29) is 5.78 Å². The van der Waals surface area contributed by atoms with Gasteiger partial charge in [0.1, 0.15) is 29.7 Å². The van der Waals surface area contributed by atoms with Crippen LogP contribution in [-0.4, -0.2) is 37.7 Å². The van der Waals surface area contributed by atoms with Crippen molar-refractivity contribution >= 4 is 11.9 Å². The standard InChI is InChI=1S/C29H29NO5/c1-4-33-23-11-7-21(8-12-23)16-26-28(31)27-19(2)15-25-24(29(27)35-26)17-30(18-34-25)14-13-20-5-9-22(32-3)10-6-20/h5-12,15-16H,4,13-14,17-18H2,1-3H3/b26-16+. The summed E-state index contributed by atoms with van der Waals surface area (Å²) < 4.78 is 23.0. The molecule has 0 radical (unpaired) electrons. The van der Waals surface area contributed by atoms with E-state index in [1.807, 2.05) is 56.3 Å². The van der Waals surface area contributed by atoms with Crippen LogP contribution in [0.5, 0.6) is 23.0 Å². The average molecular weight is 472 g/mol. The molecule has 0 bridgehead atoms. The predicted molar refractivity (Wildman–Crippen MR) is 134 cm³/mol. The van der Waals surface area contributed by atoms with Gasteiger partial charge in [0, 0.05) is 13.1 Å². The van der Waals surface area contributed by atoms with Crippen molar-refractivity contribution in [3.8, 4) is 23.0 Å². The molecule has 2 aliphatic rings. The Bertz CT molecular complexity index is 1260. The van der Waals surface area contributed by atoms with Gasteiger partial charge in [-0.25, -0.2) is 0 Å². The van der Waals surface area contributed by atoms with E-state index in [0.717, 1.165) is 46.9 Å². The molecule has 0 aliphatic carbocycles. The molecular weight excluding hydrogens is 442 g/mol. The number of rotatable bonds is 7. The van der Waals surface area contributed by atoms with E-state index in [1.165, 1.54) is 5.56 Å². The number of allylic oxidation sites excluding steroid dienone is 1. The molecule has 180 valence electrons. The third-order valence-corrected chi connectivity index (χ3v) is 6.35. The van der Waals surface area contributed by atoms with Crippen LogP contribution in [-0.2, 0) is 13.0 Å². The Morgan fingerprint density at radius 3 is 2.51 bits per heavy atom. The number of ether oxygens (including phenoxy) is 4. The van der Waals surface area contributed by atoms with Crippen molar-refractivity contribution in [1.82, 2.24) is 4.90 Å². The molecule has 5 rings (SSSR count). The van der Waals surface area contributed by atoms with Crippen molar-refractivity contribution < 1.29 is 23.7 Å². The van der Waals surface area contributed by atoms with Gasteiger partial charge in [-0.3, -0.25) is 9.69 Å². The van der Waals surface area contributed by atoms with Gasteiger partial charge in [0.2, 0.25) is 5.78 Å². The highest BCUT2D eigenvalue weighted by Crippen LogP contribution is 2.44. The zero-order valence-electron chi connectivity index (χ0n) is 20.3. The van der Waals surface area contributed by atoms with Gasteiger partial charge in [0.15, 0.2) is 5.76 Å². The van der Waals surface area contributed by atoms with E-state index < -0.39 is 0 Å². The number of methoxy groups -OCH3 is 1. The van der Waals surface area contributed by atoms with Crippen LogP contribution in [0.25, 0.3) is 6.08 Å². The number of nitrogens with zero attached hydrogens (tertiary/aromatic N) is 1. The molecule has 0 aromatic heterocycles. The second-order valence-corrected chi connectivity index (χ2v) is 8.74. The third-order valence-electron chi connectivity index (χ3n) is 6.35. The summed E-state index contributed by atoms with van der Waals surface area (Å²) in [7, 11) is 1.67. The number of fused-ring (bicyclic) bond motifs is 3. The second kappa shape index (κ2) is 9.84. The number of carbonyl (C=O) groups is 1.